The molecule has 0 atom stereocenters. The van der Waals surface area contributed by atoms with Gasteiger partial charge in [0.1, 0.15) is 11.2 Å². The first-order valence-electron chi connectivity index (χ1n) is 23.0. The number of hydrogen-bond acceptors (Lipinski definition) is 6. The Bertz CT molecular complexity index is 3950. The van der Waals surface area contributed by atoms with Gasteiger partial charge in [-0.2, -0.15) is 0 Å². The highest BCUT2D eigenvalue weighted by Crippen LogP contribution is 2.49. The van der Waals surface area contributed by atoms with Crippen molar-refractivity contribution in [3.63, 3.8) is 0 Å². The highest BCUT2D eigenvalue weighted by Gasteiger charge is 2.35. The molecule has 6 nitrogen and oxygen atoms in total. The maximum Gasteiger partial charge on any atom is 0.164 e. The van der Waals surface area contributed by atoms with E-state index in [1.807, 2.05) is 42.5 Å². The normalized spacial score (nSPS) is 12.7. The lowest BCUT2D eigenvalue weighted by Crippen LogP contribution is -2.15. The van der Waals surface area contributed by atoms with Gasteiger partial charge in [0.2, 0.25) is 0 Å². The molecule has 0 fully saturated rings. The van der Waals surface area contributed by atoms with Gasteiger partial charge in [0, 0.05) is 55.0 Å². The molecule has 68 heavy (non-hydrogen) atoms. The standard InChI is InChI=1S/C62H41N5O/c1-62(2)52-26-12-11-25-48(52)49-30-28-45(35-53(49)62)59-63-54(39-16-5-3-6-17-39)37-55(64-59)43-22-13-20-41(33-43)42-21-14-23-44(34-42)60-65-58(40-18-7-4-8-19-40)66-61(67-60)46-29-31-50-51-32-27-38-15-9-10-24-47(38)57(51)68-56(50)36-46/h3-37H,1-2H3. The fraction of sp³-hybridized carbons (Fsp3) is 0.0484. The van der Waals surface area contributed by atoms with Crippen LogP contribution in [0.2, 0.25) is 0 Å². The molecule has 0 N–H and O–H groups in total. The second kappa shape index (κ2) is 15.6. The van der Waals surface area contributed by atoms with Crippen molar-refractivity contribution in [3.8, 4) is 90.3 Å². The first kappa shape index (κ1) is 39.5. The van der Waals surface area contributed by atoms with Crippen LogP contribution < -0.4 is 0 Å². The van der Waals surface area contributed by atoms with Crippen LogP contribution in [0.4, 0.5) is 0 Å². The molecule has 1 aliphatic carbocycles. The fourth-order valence-corrected chi connectivity index (χ4v) is 10.0. The molecule has 1 aliphatic rings. The summed E-state index contributed by atoms with van der Waals surface area (Å²) in [5, 5.41) is 4.37. The molecule has 320 valence electrons. The summed E-state index contributed by atoms with van der Waals surface area (Å²) in [6.07, 6.45) is 0. The Morgan fingerprint density at radius 1 is 0.324 bits per heavy atom. The van der Waals surface area contributed by atoms with E-state index in [-0.39, 0.29) is 5.41 Å². The van der Waals surface area contributed by atoms with Crippen LogP contribution in [0, 0.1) is 0 Å². The quantitative estimate of drug-likeness (QED) is 0.159. The Balaban J connectivity index is 0.892. The molecular formula is C62H41N5O. The van der Waals surface area contributed by atoms with Gasteiger partial charge in [0.05, 0.1) is 11.4 Å². The Hall–Kier alpha value is -8.87. The summed E-state index contributed by atoms with van der Waals surface area (Å²) >= 11 is 0. The van der Waals surface area contributed by atoms with Crippen molar-refractivity contribution in [3.05, 3.63) is 223 Å². The second-order valence-electron chi connectivity index (χ2n) is 18.1. The van der Waals surface area contributed by atoms with Gasteiger partial charge in [-0.25, -0.2) is 24.9 Å². The molecule has 0 amide bonds. The SMILES string of the molecule is CC1(C)c2ccccc2-c2ccc(-c3nc(-c4ccccc4)cc(-c4cccc(-c5cccc(-c6nc(-c7ccccc7)nc(-c7ccc8c(c7)oc7c9ccccc9ccc87)n6)c5)c4)n3)cc21. The molecular weight excluding hydrogens is 831 g/mol. The van der Waals surface area contributed by atoms with E-state index in [4.69, 9.17) is 29.3 Å². The van der Waals surface area contributed by atoms with E-state index >= 15 is 0 Å². The lowest BCUT2D eigenvalue weighted by Gasteiger charge is -2.21. The predicted molar refractivity (Wildman–Crippen MR) is 276 cm³/mol. The molecule has 0 aliphatic heterocycles. The summed E-state index contributed by atoms with van der Waals surface area (Å²) in [5.74, 6) is 2.44. The van der Waals surface area contributed by atoms with Crippen LogP contribution in [-0.2, 0) is 5.41 Å². The van der Waals surface area contributed by atoms with Gasteiger partial charge in [0.15, 0.2) is 23.3 Å². The van der Waals surface area contributed by atoms with Gasteiger partial charge in [-0.3, -0.25) is 0 Å². The Kier molecular flexibility index (Phi) is 9.08. The molecule has 9 aromatic carbocycles. The topological polar surface area (TPSA) is 77.6 Å². The largest absolute Gasteiger partial charge is 0.455 e. The van der Waals surface area contributed by atoms with Crippen LogP contribution in [0.5, 0.6) is 0 Å². The van der Waals surface area contributed by atoms with E-state index in [1.54, 1.807) is 0 Å². The Morgan fingerprint density at radius 2 is 0.853 bits per heavy atom. The minimum absolute atomic E-state index is 0.142. The first-order valence-corrected chi connectivity index (χ1v) is 23.0. The molecule has 0 saturated heterocycles. The maximum atomic E-state index is 6.58. The average molecular weight is 872 g/mol. The maximum absolute atomic E-state index is 6.58. The summed E-state index contributed by atoms with van der Waals surface area (Å²) in [5.41, 5.74) is 16.2. The van der Waals surface area contributed by atoms with E-state index < -0.39 is 0 Å². The van der Waals surface area contributed by atoms with E-state index in [0.717, 1.165) is 88.6 Å². The van der Waals surface area contributed by atoms with E-state index in [9.17, 15) is 0 Å². The number of nitrogens with zero attached hydrogens (tertiary/aromatic N) is 5. The van der Waals surface area contributed by atoms with E-state index in [1.165, 1.54) is 22.3 Å². The van der Waals surface area contributed by atoms with Crippen molar-refractivity contribution in [2.75, 3.05) is 0 Å². The van der Waals surface area contributed by atoms with Crippen LogP contribution in [0.1, 0.15) is 25.0 Å². The van der Waals surface area contributed by atoms with Gasteiger partial charge in [0.25, 0.3) is 0 Å². The number of hydrogen-bond donors (Lipinski definition) is 0. The lowest BCUT2D eigenvalue weighted by molar-refractivity contribution is 0.660. The van der Waals surface area contributed by atoms with Gasteiger partial charge in [-0.15, -0.1) is 0 Å². The zero-order chi connectivity index (χ0) is 45.3. The van der Waals surface area contributed by atoms with E-state index in [2.05, 4.69) is 184 Å². The molecule has 0 unspecified atom stereocenters. The van der Waals surface area contributed by atoms with Crippen LogP contribution in [0.3, 0.4) is 0 Å². The average Bonchev–Trinajstić information content (AvgIpc) is 3.90. The van der Waals surface area contributed by atoms with Gasteiger partial charge in [-0.05, 0) is 81.2 Å². The number of rotatable bonds is 7. The number of furan rings is 1. The third-order valence-electron chi connectivity index (χ3n) is 13.5. The molecule has 3 heterocycles. The summed E-state index contributed by atoms with van der Waals surface area (Å²) in [4.78, 5) is 25.8. The lowest BCUT2D eigenvalue weighted by atomic mass is 9.82. The Morgan fingerprint density at radius 3 is 1.63 bits per heavy atom. The predicted octanol–water partition coefficient (Wildman–Crippen LogP) is 15.7. The summed E-state index contributed by atoms with van der Waals surface area (Å²) < 4.78 is 6.58. The van der Waals surface area contributed by atoms with Gasteiger partial charge >= 0.3 is 0 Å². The summed E-state index contributed by atoms with van der Waals surface area (Å²) in [6, 6.07) is 73.8. The van der Waals surface area contributed by atoms with E-state index in [0.29, 0.717) is 23.3 Å². The third kappa shape index (κ3) is 6.68. The van der Waals surface area contributed by atoms with Gasteiger partial charge in [-0.1, -0.05) is 184 Å². The number of fused-ring (bicyclic) bond motifs is 8. The molecule has 6 heteroatoms. The highest BCUT2D eigenvalue weighted by molar-refractivity contribution is 6.15. The molecule has 0 saturated carbocycles. The third-order valence-corrected chi connectivity index (χ3v) is 13.5. The van der Waals surface area contributed by atoms with Crippen LogP contribution >= 0.6 is 0 Å². The number of aromatic nitrogens is 5. The molecule has 0 bridgehead atoms. The zero-order valence-electron chi connectivity index (χ0n) is 37.4. The molecule has 0 spiro atoms. The molecule has 3 aromatic heterocycles. The monoisotopic (exact) mass is 871 g/mol. The summed E-state index contributed by atoms with van der Waals surface area (Å²) in [6.45, 7) is 4.61. The fourth-order valence-electron chi connectivity index (χ4n) is 10.0. The van der Waals surface area contributed by atoms with Crippen molar-refractivity contribution >= 4 is 32.7 Å². The van der Waals surface area contributed by atoms with Crippen LogP contribution in [0.15, 0.2) is 217 Å². The molecule has 0 radical (unpaired) electrons. The van der Waals surface area contributed by atoms with Crippen LogP contribution in [-0.4, -0.2) is 24.9 Å². The minimum Gasteiger partial charge on any atom is -0.455 e. The summed E-state index contributed by atoms with van der Waals surface area (Å²) in [7, 11) is 0. The van der Waals surface area contributed by atoms with Crippen molar-refractivity contribution < 1.29 is 4.42 Å². The zero-order valence-corrected chi connectivity index (χ0v) is 37.4. The van der Waals surface area contributed by atoms with Gasteiger partial charge < -0.3 is 4.42 Å². The van der Waals surface area contributed by atoms with Crippen molar-refractivity contribution in [1.29, 1.82) is 0 Å². The smallest absolute Gasteiger partial charge is 0.164 e. The first-order chi connectivity index (χ1) is 33.4. The van der Waals surface area contributed by atoms with Crippen LogP contribution in [0.25, 0.3) is 123 Å². The highest BCUT2D eigenvalue weighted by atomic mass is 16.3. The molecule has 13 rings (SSSR count). The van der Waals surface area contributed by atoms with Crippen molar-refractivity contribution in [2.45, 2.75) is 19.3 Å². The molecule has 12 aromatic rings. The minimum atomic E-state index is -0.142. The Labute approximate surface area is 393 Å². The van der Waals surface area contributed by atoms with Crippen molar-refractivity contribution in [2.24, 2.45) is 0 Å². The van der Waals surface area contributed by atoms with Crippen molar-refractivity contribution in [1.82, 2.24) is 24.9 Å². The number of benzene rings is 9. The second-order valence-corrected chi connectivity index (χ2v) is 18.1.